The van der Waals surface area contributed by atoms with Gasteiger partial charge in [0.15, 0.2) is 0 Å². The van der Waals surface area contributed by atoms with E-state index in [1.165, 1.54) is 5.57 Å². The van der Waals surface area contributed by atoms with Crippen LogP contribution in [0.4, 0.5) is 4.39 Å². The number of alkyl halides is 1. The number of aliphatic hydroxyl groups is 1. The number of carbonyl (C=O) groups is 1. The molecule has 0 aromatic carbocycles. The van der Waals surface area contributed by atoms with E-state index < -0.39 is 11.1 Å². The van der Waals surface area contributed by atoms with Crippen molar-refractivity contribution in [1.29, 1.82) is 0 Å². The zero-order valence-corrected chi connectivity index (χ0v) is 13.7. The van der Waals surface area contributed by atoms with Crippen LogP contribution in [0.2, 0.25) is 0 Å². The van der Waals surface area contributed by atoms with Gasteiger partial charge >= 0.3 is 0 Å². The number of fused-ring (bicyclic) bond motifs is 5. The number of hydrogen-bond acceptors (Lipinski definition) is 2. The monoisotopic (exact) mass is 306 g/mol. The Balaban J connectivity index is 1.75. The molecule has 0 unspecified atom stereocenters. The number of Topliss-reactive ketones (excluding diaryl/α,β-unsaturated/α-hetero) is 1. The first kappa shape index (κ1) is 14.9. The Morgan fingerprint density at radius 2 is 1.95 bits per heavy atom. The summed E-state index contributed by atoms with van der Waals surface area (Å²) in [6.45, 7) is 4.16. The van der Waals surface area contributed by atoms with Crippen LogP contribution < -0.4 is 0 Å². The molecule has 0 bridgehead atoms. The van der Waals surface area contributed by atoms with Crippen molar-refractivity contribution in [2.75, 3.05) is 0 Å². The SMILES string of the molecule is C[C@]12CC[C@H](O)CC1=CC[C@@H]1[C@@H]2CC[C@]2(C)C(=O)CC[C@@]12F. The first-order chi connectivity index (χ1) is 10.3. The minimum atomic E-state index is -1.31. The number of aliphatic hydroxyl groups excluding tert-OH is 1. The van der Waals surface area contributed by atoms with E-state index in [0.29, 0.717) is 25.2 Å². The molecule has 4 aliphatic rings. The van der Waals surface area contributed by atoms with Crippen LogP contribution in [0.15, 0.2) is 11.6 Å². The van der Waals surface area contributed by atoms with Gasteiger partial charge in [-0.2, -0.15) is 0 Å². The molecule has 3 saturated carbocycles. The van der Waals surface area contributed by atoms with Crippen LogP contribution in [-0.2, 0) is 4.79 Å². The van der Waals surface area contributed by atoms with E-state index in [1.807, 2.05) is 6.92 Å². The van der Waals surface area contributed by atoms with Crippen molar-refractivity contribution in [2.24, 2.45) is 22.7 Å². The van der Waals surface area contributed by atoms with Crippen molar-refractivity contribution in [3.63, 3.8) is 0 Å². The third-order valence-electron chi connectivity index (χ3n) is 7.90. The fraction of sp³-hybridized carbons (Fsp3) is 0.842. The predicted molar refractivity (Wildman–Crippen MR) is 83.1 cm³/mol. The van der Waals surface area contributed by atoms with Gasteiger partial charge in [0, 0.05) is 12.3 Å². The average molecular weight is 306 g/mol. The Morgan fingerprint density at radius 1 is 1.18 bits per heavy atom. The molecule has 3 heteroatoms. The maximum absolute atomic E-state index is 16.0. The van der Waals surface area contributed by atoms with Crippen molar-refractivity contribution in [3.8, 4) is 0 Å². The molecule has 22 heavy (non-hydrogen) atoms. The van der Waals surface area contributed by atoms with Gasteiger partial charge in [0.25, 0.3) is 0 Å². The quantitative estimate of drug-likeness (QED) is 0.688. The summed E-state index contributed by atoms with van der Waals surface area (Å²) in [7, 11) is 0. The van der Waals surface area contributed by atoms with Crippen LogP contribution in [0.5, 0.6) is 0 Å². The normalized spacial score (nSPS) is 54.3. The Morgan fingerprint density at radius 3 is 2.73 bits per heavy atom. The standard InChI is InChI=1S/C19H27FO2/c1-17-8-5-13(21)11-12(17)3-4-15-14(17)6-9-18(2)16(22)7-10-19(15,18)20/h3,13-15,21H,4-11H2,1-2H3/t13-,14-,15+,17-,18+,19+/m0/s1. The van der Waals surface area contributed by atoms with Gasteiger partial charge in [-0.25, -0.2) is 4.39 Å². The van der Waals surface area contributed by atoms with Gasteiger partial charge in [0.1, 0.15) is 11.5 Å². The smallest absolute Gasteiger partial charge is 0.142 e. The Hall–Kier alpha value is -0.700. The molecular weight excluding hydrogens is 279 g/mol. The molecule has 0 heterocycles. The zero-order chi connectivity index (χ0) is 15.8. The van der Waals surface area contributed by atoms with E-state index >= 15 is 4.39 Å². The minimum Gasteiger partial charge on any atom is -0.393 e. The van der Waals surface area contributed by atoms with E-state index in [9.17, 15) is 9.90 Å². The molecule has 2 nitrogen and oxygen atoms in total. The number of allylic oxidation sites excluding steroid dienone is 1. The number of halogens is 1. The van der Waals surface area contributed by atoms with Gasteiger partial charge in [-0.05, 0) is 63.2 Å². The van der Waals surface area contributed by atoms with Crippen molar-refractivity contribution >= 4 is 5.78 Å². The van der Waals surface area contributed by atoms with Gasteiger partial charge in [0.05, 0.1) is 11.5 Å². The van der Waals surface area contributed by atoms with Crippen molar-refractivity contribution in [1.82, 2.24) is 0 Å². The lowest BCUT2D eigenvalue weighted by atomic mass is 9.47. The maximum atomic E-state index is 16.0. The molecule has 0 amide bonds. The summed E-state index contributed by atoms with van der Waals surface area (Å²) in [5.41, 5.74) is -0.671. The third-order valence-corrected chi connectivity index (χ3v) is 7.90. The van der Waals surface area contributed by atoms with Crippen LogP contribution in [0.1, 0.15) is 65.2 Å². The highest BCUT2D eigenvalue weighted by atomic mass is 19.1. The molecule has 0 aromatic rings. The van der Waals surface area contributed by atoms with Gasteiger partial charge < -0.3 is 5.11 Å². The highest BCUT2D eigenvalue weighted by Gasteiger charge is 2.67. The second kappa shape index (κ2) is 4.43. The van der Waals surface area contributed by atoms with Gasteiger partial charge in [0.2, 0.25) is 0 Å². The van der Waals surface area contributed by atoms with Crippen molar-refractivity contribution < 1.29 is 14.3 Å². The van der Waals surface area contributed by atoms with Crippen LogP contribution in [0.25, 0.3) is 0 Å². The minimum absolute atomic E-state index is 0.0123. The molecule has 122 valence electrons. The second-order valence-electron chi connectivity index (χ2n) is 8.65. The lowest BCUT2D eigenvalue weighted by Gasteiger charge is -2.58. The van der Waals surface area contributed by atoms with Crippen LogP contribution in [0, 0.1) is 22.7 Å². The molecule has 4 aliphatic carbocycles. The largest absolute Gasteiger partial charge is 0.393 e. The van der Waals surface area contributed by atoms with Crippen LogP contribution in [0.3, 0.4) is 0 Å². The Kier molecular flexibility index (Phi) is 3.00. The summed E-state index contributed by atoms with van der Waals surface area (Å²) in [5.74, 6) is 0.470. The molecule has 0 radical (unpaired) electrons. The van der Waals surface area contributed by atoms with E-state index in [2.05, 4.69) is 13.0 Å². The second-order valence-corrected chi connectivity index (χ2v) is 8.65. The number of rotatable bonds is 0. The summed E-state index contributed by atoms with van der Waals surface area (Å²) in [6, 6.07) is 0. The van der Waals surface area contributed by atoms with Crippen molar-refractivity contribution in [2.45, 2.75) is 77.0 Å². The van der Waals surface area contributed by atoms with Gasteiger partial charge in [-0.15, -0.1) is 0 Å². The molecule has 0 aliphatic heterocycles. The summed E-state index contributed by atoms with van der Waals surface area (Å²) in [4.78, 5) is 12.3. The van der Waals surface area contributed by atoms with Crippen LogP contribution in [-0.4, -0.2) is 22.7 Å². The lowest BCUT2D eigenvalue weighted by molar-refractivity contribution is -0.149. The first-order valence-corrected chi connectivity index (χ1v) is 8.91. The highest BCUT2D eigenvalue weighted by molar-refractivity contribution is 5.88. The summed E-state index contributed by atoms with van der Waals surface area (Å²) in [6.07, 6.45) is 7.78. The Labute approximate surface area is 132 Å². The zero-order valence-electron chi connectivity index (χ0n) is 13.7. The third kappa shape index (κ3) is 1.61. The molecule has 0 saturated heterocycles. The number of hydrogen-bond donors (Lipinski definition) is 1. The summed E-state index contributed by atoms with van der Waals surface area (Å²) >= 11 is 0. The van der Waals surface area contributed by atoms with Crippen molar-refractivity contribution in [3.05, 3.63) is 11.6 Å². The summed E-state index contributed by atoms with van der Waals surface area (Å²) in [5, 5.41) is 9.98. The highest BCUT2D eigenvalue weighted by Crippen LogP contribution is 2.66. The fourth-order valence-electron chi connectivity index (χ4n) is 6.32. The topological polar surface area (TPSA) is 37.3 Å². The Bertz CT molecular complexity index is 556. The van der Waals surface area contributed by atoms with E-state index in [-0.39, 0.29) is 23.2 Å². The molecule has 0 aromatic heterocycles. The molecule has 4 rings (SSSR count). The van der Waals surface area contributed by atoms with E-state index in [0.717, 1.165) is 32.1 Å². The van der Waals surface area contributed by atoms with E-state index in [4.69, 9.17) is 0 Å². The molecule has 1 N–H and O–H groups in total. The van der Waals surface area contributed by atoms with Crippen LogP contribution >= 0.6 is 0 Å². The predicted octanol–water partition coefficient (Wildman–Crippen LogP) is 3.97. The van der Waals surface area contributed by atoms with Gasteiger partial charge in [-0.1, -0.05) is 18.6 Å². The van der Waals surface area contributed by atoms with E-state index in [1.54, 1.807) is 0 Å². The van der Waals surface area contributed by atoms with Gasteiger partial charge in [-0.3, -0.25) is 4.79 Å². The molecule has 0 spiro atoms. The average Bonchev–Trinajstić information content (AvgIpc) is 2.72. The molecule has 3 fully saturated rings. The molecule has 6 atom stereocenters. The maximum Gasteiger partial charge on any atom is 0.142 e. The molecular formula is C19H27FO2. The lowest BCUT2D eigenvalue weighted by Crippen LogP contribution is -2.58. The first-order valence-electron chi connectivity index (χ1n) is 8.91. The fourth-order valence-corrected chi connectivity index (χ4v) is 6.32. The number of ketones is 1. The summed E-state index contributed by atoms with van der Waals surface area (Å²) < 4.78 is 16.0. The number of carbonyl (C=O) groups excluding carboxylic acids is 1.